The smallest absolute Gasteiger partial charge is 0.00201 e. The molecule has 0 N–H and O–H groups in total. The van der Waals surface area contributed by atoms with Crippen molar-refractivity contribution in [2.24, 2.45) is 0 Å². The van der Waals surface area contributed by atoms with Crippen LogP contribution in [0.3, 0.4) is 0 Å². The Hall–Kier alpha value is -3.12. The Labute approximate surface area is 213 Å². The molecule has 0 saturated heterocycles. The van der Waals surface area contributed by atoms with Gasteiger partial charge in [0.25, 0.3) is 0 Å². The van der Waals surface area contributed by atoms with Gasteiger partial charge in [-0.3, -0.25) is 0 Å². The van der Waals surface area contributed by atoms with E-state index >= 15 is 0 Å². The summed E-state index contributed by atoms with van der Waals surface area (Å²) in [6.07, 6.45) is 2.98. The van der Waals surface area contributed by atoms with Crippen LogP contribution in [0.5, 0.6) is 0 Å². The summed E-state index contributed by atoms with van der Waals surface area (Å²) in [5.41, 5.74) is 19.9. The average molecular weight is 461 g/mol. The molecule has 0 nitrogen and oxygen atoms in total. The molecule has 4 aromatic rings. The van der Waals surface area contributed by atoms with E-state index in [1.165, 1.54) is 77.9 Å². The summed E-state index contributed by atoms with van der Waals surface area (Å²) >= 11 is 0. The highest BCUT2D eigenvalue weighted by Gasteiger charge is 2.13. The third-order valence-electron chi connectivity index (χ3n) is 8.11. The largest absolute Gasteiger partial charge is 0.0617 e. The van der Waals surface area contributed by atoms with Crippen molar-refractivity contribution >= 4 is 0 Å². The zero-order valence-electron chi connectivity index (χ0n) is 22.9. The SMILES string of the molecule is Cc1cc(Cc2cccc(C)c2C)c(C)c(Cc2cc(C)cc(Cc3cccc(C)c3C)c2C)c1. The molecule has 0 unspecified atom stereocenters. The Kier molecular flexibility index (Phi) is 7.31. The molecule has 35 heavy (non-hydrogen) atoms. The summed E-state index contributed by atoms with van der Waals surface area (Å²) < 4.78 is 0. The molecule has 0 aromatic heterocycles. The minimum atomic E-state index is 0.987. The van der Waals surface area contributed by atoms with Crippen molar-refractivity contribution in [3.63, 3.8) is 0 Å². The van der Waals surface area contributed by atoms with Crippen molar-refractivity contribution in [3.8, 4) is 0 Å². The molecular formula is C35H40. The van der Waals surface area contributed by atoms with Crippen LogP contribution < -0.4 is 0 Å². The highest BCUT2D eigenvalue weighted by atomic mass is 14.2. The Morgan fingerprint density at radius 2 is 0.686 bits per heavy atom. The molecule has 0 aliphatic heterocycles. The van der Waals surface area contributed by atoms with E-state index in [1.807, 2.05) is 0 Å². The van der Waals surface area contributed by atoms with E-state index in [2.05, 4.69) is 116 Å². The van der Waals surface area contributed by atoms with Gasteiger partial charge in [0.1, 0.15) is 0 Å². The molecule has 0 spiro atoms. The van der Waals surface area contributed by atoms with Crippen LogP contribution in [0, 0.1) is 55.4 Å². The molecule has 0 bridgehead atoms. The Balaban J connectivity index is 1.69. The van der Waals surface area contributed by atoms with Crippen LogP contribution in [0.4, 0.5) is 0 Å². The monoisotopic (exact) mass is 460 g/mol. The first-order valence-corrected chi connectivity index (χ1v) is 12.9. The van der Waals surface area contributed by atoms with Crippen molar-refractivity contribution in [1.82, 2.24) is 0 Å². The van der Waals surface area contributed by atoms with Crippen LogP contribution in [0.2, 0.25) is 0 Å². The maximum atomic E-state index is 2.40. The fourth-order valence-corrected chi connectivity index (χ4v) is 5.38. The molecule has 0 aliphatic carbocycles. The molecule has 0 radical (unpaired) electrons. The quantitative estimate of drug-likeness (QED) is 0.269. The van der Waals surface area contributed by atoms with Gasteiger partial charge in [-0.05, 0) is 141 Å². The lowest BCUT2D eigenvalue weighted by atomic mass is 9.86. The average Bonchev–Trinajstić information content (AvgIpc) is 2.80. The molecule has 0 heterocycles. The van der Waals surface area contributed by atoms with Gasteiger partial charge in [-0.1, -0.05) is 71.8 Å². The lowest BCUT2D eigenvalue weighted by Gasteiger charge is -2.18. The molecule has 0 heteroatoms. The first-order valence-electron chi connectivity index (χ1n) is 12.9. The van der Waals surface area contributed by atoms with Gasteiger partial charge >= 0.3 is 0 Å². The lowest BCUT2D eigenvalue weighted by molar-refractivity contribution is 1.03. The van der Waals surface area contributed by atoms with Gasteiger partial charge in [-0.2, -0.15) is 0 Å². The molecule has 4 rings (SSSR count). The summed E-state index contributed by atoms with van der Waals surface area (Å²) in [6, 6.07) is 22.9. The van der Waals surface area contributed by atoms with E-state index in [1.54, 1.807) is 0 Å². The number of aryl methyl sites for hydroxylation is 4. The maximum Gasteiger partial charge on any atom is -0.00201 e. The van der Waals surface area contributed by atoms with E-state index in [4.69, 9.17) is 0 Å². The first kappa shape index (κ1) is 25.0. The van der Waals surface area contributed by atoms with Gasteiger partial charge in [0.2, 0.25) is 0 Å². The molecular weight excluding hydrogens is 420 g/mol. The molecule has 0 atom stereocenters. The summed E-state index contributed by atoms with van der Waals surface area (Å²) in [7, 11) is 0. The van der Waals surface area contributed by atoms with Crippen molar-refractivity contribution in [3.05, 3.63) is 139 Å². The van der Waals surface area contributed by atoms with Crippen LogP contribution in [-0.4, -0.2) is 0 Å². The number of benzene rings is 4. The fraction of sp³-hybridized carbons (Fsp3) is 0.314. The second-order valence-corrected chi connectivity index (χ2v) is 10.7. The third-order valence-corrected chi connectivity index (χ3v) is 8.11. The van der Waals surface area contributed by atoms with Crippen molar-refractivity contribution in [1.29, 1.82) is 0 Å². The van der Waals surface area contributed by atoms with Crippen molar-refractivity contribution in [2.75, 3.05) is 0 Å². The highest BCUT2D eigenvalue weighted by Crippen LogP contribution is 2.28. The zero-order chi connectivity index (χ0) is 25.3. The summed E-state index contributed by atoms with van der Waals surface area (Å²) in [4.78, 5) is 0. The molecule has 180 valence electrons. The minimum absolute atomic E-state index is 0.987. The van der Waals surface area contributed by atoms with E-state index in [-0.39, 0.29) is 0 Å². The van der Waals surface area contributed by atoms with Crippen LogP contribution in [0.15, 0.2) is 60.7 Å². The third kappa shape index (κ3) is 5.43. The molecule has 0 fully saturated rings. The van der Waals surface area contributed by atoms with Crippen LogP contribution in [0.25, 0.3) is 0 Å². The van der Waals surface area contributed by atoms with Crippen LogP contribution in [-0.2, 0) is 19.3 Å². The Morgan fingerprint density at radius 1 is 0.371 bits per heavy atom. The zero-order valence-corrected chi connectivity index (χ0v) is 22.9. The van der Waals surface area contributed by atoms with Gasteiger partial charge < -0.3 is 0 Å². The maximum absolute atomic E-state index is 2.40. The number of hydrogen-bond donors (Lipinski definition) is 0. The van der Waals surface area contributed by atoms with Gasteiger partial charge in [-0.15, -0.1) is 0 Å². The second kappa shape index (κ2) is 10.2. The summed E-state index contributed by atoms with van der Waals surface area (Å²) in [5, 5.41) is 0. The normalized spacial score (nSPS) is 11.2. The predicted octanol–water partition coefficient (Wildman–Crippen LogP) is 8.93. The topological polar surface area (TPSA) is 0 Å². The Bertz CT molecular complexity index is 1280. The van der Waals surface area contributed by atoms with Crippen molar-refractivity contribution < 1.29 is 0 Å². The van der Waals surface area contributed by atoms with Crippen LogP contribution in [0.1, 0.15) is 77.9 Å². The van der Waals surface area contributed by atoms with E-state index in [9.17, 15) is 0 Å². The summed E-state index contributed by atoms with van der Waals surface area (Å²) in [5.74, 6) is 0. The van der Waals surface area contributed by atoms with E-state index < -0.39 is 0 Å². The van der Waals surface area contributed by atoms with E-state index in [0.29, 0.717) is 0 Å². The van der Waals surface area contributed by atoms with Crippen molar-refractivity contribution in [2.45, 2.75) is 74.7 Å². The fourth-order valence-electron chi connectivity index (χ4n) is 5.38. The van der Waals surface area contributed by atoms with Gasteiger partial charge in [0.05, 0.1) is 0 Å². The second-order valence-electron chi connectivity index (χ2n) is 10.7. The highest BCUT2D eigenvalue weighted by molar-refractivity contribution is 5.49. The Morgan fingerprint density at radius 3 is 1.03 bits per heavy atom. The number of hydrogen-bond acceptors (Lipinski definition) is 0. The molecule has 0 aliphatic rings. The molecule has 0 saturated carbocycles. The molecule has 4 aromatic carbocycles. The van der Waals surface area contributed by atoms with Gasteiger partial charge in [0.15, 0.2) is 0 Å². The van der Waals surface area contributed by atoms with Gasteiger partial charge in [0, 0.05) is 0 Å². The number of rotatable bonds is 6. The standard InChI is InChI=1S/C35H40/c1-22-15-32(19-30-13-9-11-24(3)26(30)5)28(7)34(17-22)21-35-18-23(2)16-33(29(35)8)20-31-14-10-12-25(4)27(31)6/h9-18H,19-21H2,1-8H3. The predicted molar refractivity (Wildman–Crippen MR) is 152 cm³/mol. The minimum Gasteiger partial charge on any atom is -0.0617 e. The first-order chi connectivity index (χ1) is 16.6. The van der Waals surface area contributed by atoms with Gasteiger partial charge in [-0.25, -0.2) is 0 Å². The molecule has 0 amide bonds. The van der Waals surface area contributed by atoms with Crippen LogP contribution >= 0.6 is 0 Å². The van der Waals surface area contributed by atoms with E-state index in [0.717, 1.165) is 19.3 Å². The lowest BCUT2D eigenvalue weighted by Crippen LogP contribution is -2.04. The summed E-state index contributed by atoms with van der Waals surface area (Å²) in [6.45, 7) is 18.0.